The number of nitriles is 1. The molecule has 8 nitrogen and oxygen atoms in total. The number of aliphatic hydroxyl groups excluding tert-OH is 1. The summed E-state index contributed by atoms with van der Waals surface area (Å²) in [6, 6.07) is 4.45. The maximum atomic E-state index is 13.0. The van der Waals surface area contributed by atoms with E-state index in [-0.39, 0.29) is 69.5 Å². The first-order valence-corrected chi connectivity index (χ1v) is 11.4. The lowest BCUT2D eigenvalue weighted by Crippen LogP contribution is -2.21. The van der Waals surface area contributed by atoms with Crippen LogP contribution in [0, 0.1) is 11.3 Å². The van der Waals surface area contributed by atoms with Crippen LogP contribution >= 0.6 is 11.6 Å². The van der Waals surface area contributed by atoms with E-state index in [0.717, 1.165) is 0 Å². The number of halogens is 1. The van der Waals surface area contributed by atoms with Crippen LogP contribution in [-0.4, -0.2) is 42.7 Å². The second kappa shape index (κ2) is 8.58. The van der Waals surface area contributed by atoms with Gasteiger partial charge >= 0.3 is 0 Å². The SMILES string of the molecule is CCS(=O)(=O)c1ccc(C(=O)C2=C(O)CCCC2=O)c(Cl)c1C1=NOC(CC#N)C1. The fourth-order valence-electron chi connectivity index (χ4n) is 3.42. The number of carbonyl (C=O) groups excluding carboxylic acids is 2. The predicted octanol–water partition coefficient (Wildman–Crippen LogP) is 3.29. The van der Waals surface area contributed by atoms with Crippen LogP contribution in [0.4, 0.5) is 0 Å². The number of oxime groups is 1. The topological polar surface area (TPSA) is 134 Å². The zero-order chi connectivity index (χ0) is 22.1. The smallest absolute Gasteiger partial charge is 0.201 e. The second-order valence-electron chi connectivity index (χ2n) is 6.96. The fourth-order valence-corrected chi connectivity index (χ4v) is 4.96. The third-order valence-corrected chi connectivity index (χ3v) is 7.18. The molecule has 0 amide bonds. The molecular weight excluding hydrogens is 432 g/mol. The Kier molecular flexibility index (Phi) is 6.29. The molecule has 1 aliphatic carbocycles. The number of hydrogen-bond acceptors (Lipinski definition) is 8. The van der Waals surface area contributed by atoms with E-state index in [2.05, 4.69) is 5.16 Å². The summed E-state index contributed by atoms with van der Waals surface area (Å²) in [5.74, 6) is -1.75. The van der Waals surface area contributed by atoms with Gasteiger partial charge in [0.2, 0.25) is 5.78 Å². The zero-order valence-corrected chi connectivity index (χ0v) is 17.7. The number of hydrogen-bond donors (Lipinski definition) is 1. The molecule has 0 aromatic heterocycles. The number of nitrogens with zero attached hydrogens (tertiary/aromatic N) is 2. The maximum Gasteiger partial charge on any atom is 0.201 e. The molecule has 0 radical (unpaired) electrons. The van der Waals surface area contributed by atoms with Crippen LogP contribution in [0.15, 0.2) is 33.5 Å². The number of carbonyl (C=O) groups is 2. The molecule has 1 aromatic rings. The molecular formula is C20H19ClN2O6S. The standard InChI is InChI=1S/C20H19ClN2O6S/c1-2-30(27,28)16-7-6-12(20(26)18-14(24)4-3-5-15(18)25)19(21)17(16)13-10-11(8-9-22)29-23-13/h6-7,11,24H,2-5,8,10H2,1H3. The van der Waals surface area contributed by atoms with Gasteiger partial charge in [-0.3, -0.25) is 9.59 Å². The molecule has 158 valence electrons. The van der Waals surface area contributed by atoms with Gasteiger partial charge in [0.05, 0.1) is 33.9 Å². The van der Waals surface area contributed by atoms with Gasteiger partial charge in [0, 0.05) is 30.4 Å². The minimum Gasteiger partial charge on any atom is -0.511 e. The molecule has 10 heteroatoms. The van der Waals surface area contributed by atoms with Crippen LogP contribution in [0.5, 0.6) is 0 Å². The Bertz CT molecular complexity index is 1130. The van der Waals surface area contributed by atoms with Crippen molar-refractivity contribution in [2.45, 2.75) is 50.0 Å². The predicted molar refractivity (Wildman–Crippen MR) is 108 cm³/mol. The van der Waals surface area contributed by atoms with E-state index >= 15 is 0 Å². The van der Waals surface area contributed by atoms with E-state index in [1.54, 1.807) is 0 Å². The highest BCUT2D eigenvalue weighted by Crippen LogP contribution is 2.35. The number of Topliss-reactive ketones (excluding diaryl/α,β-unsaturated/α-hetero) is 2. The van der Waals surface area contributed by atoms with Crippen molar-refractivity contribution in [3.63, 3.8) is 0 Å². The van der Waals surface area contributed by atoms with Crippen LogP contribution in [0.3, 0.4) is 0 Å². The van der Waals surface area contributed by atoms with Gasteiger partial charge in [0.15, 0.2) is 15.6 Å². The summed E-state index contributed by atoms with van der Waals surface area (Å²) in [4.78, 5) is 30.3. The third-order valence-electron chi connectivity index (χ3n) is 5.02. The van der Waals surface area contributed by atoms with Gasteiger partial charge in [0.1, 0.15) is 17.4 Å². The Morgan fingerprint density at radius 2 is 2.13 bits per heavy atom. The van der Waals surface area contributed by atoms with Gasteiger partial charge in [-0.2, -0.15) is 5.26 Å². The van der Waals surface area contributed by atoms with E-state index in [1.165, 1.54) is 19.1 Å². The van der Waals surface area contributed by atoms with Gasteiger partial charge in [-0.25, -0.2) is 8.42 Å². The van der Waals surface area contributed by atoms with Crippen LogP contribution in [0.2, 0.25) is 5.02 Å². The van der Waals surface area contributed by atoms with Crippen molar-refractivity contribution in [3.05, 3.63) is 39.6 Å². The second-order valence-corrected chi connectivity index (χ2v) is 9.59. The summed E-state index contributed by atoms with van der Waals surface area (Å²) in [6.07, 6.45) is 0.426. The summed E-state index contributed by atoms with van der Waals surface area (Å²) in [5.41, 5.74) is -0.208. The molecule has 1 aromatic carbocycles. The average Bonchev–Trinajstić information content (AvgIpc) is 3.15. The molecule has 0 saturated carbocycles. The minimum atomic E-state index is -3.73. The third kappa shape index (κ3) is 3.98. The van der Waals surface area contributed by atoms with Crippen molar-refractivity contribution in [2.24, 2.45) is 5.16 Å². The van der Waals surface area contributed by atoms with Gasteiger partial charge < -0.3 is 9.94 Å². The van der Waals surface area contributed by atoms with Crippen LogP contribution in [-0.2, 0) is 19.5 Å². The highest BCUT2D eigenvalue weighted by atomic mass is 35.5. The number of benzene rings is 1. The molecule has 0 fully saturated rings. The minimum absolute atomic E-state index is 0.0214. The highest BCUT2D eigenvalue weighted by molar-refractivity contribution is 7.91. The Morgan fingerprint density at radius 1 is 1.40 bits per heavy atom. The number of aliphatic hydroxyl groups is 1. The first kappa shape index (κ1) is 22.0. The lowest BCUT2D eigenvalue weighted by molar-refractivity contribution is -0.116. The molecule has 1 atom stereocenters. The van der Waals surface area contributed by atoms with E-state index in [0.29, 0.717) is 6.42 Å². The molecule has 1 N–H and O–H groups in total. The Balaban J connectivity index is 2.16. The van der Waals surface area contributed by atoms with Crippen molar-refractivity contribution in [3.8, 4) is 6.07 Å². The van der Waals surface area contributed by atoms with Crippen molar-refractivity contribution in [2.75, 3.05) is 5.75 Å². The normalized spacial score (nSPS) is 19.3. The van der Waals surface area contributed by atoms with E-state index < -0.39 is 27.5 Å². The molecule has 1 aliphatic heterocycles. The molecule has 0 saturated heterocycles. The molecule has 1 unspecified atom stereocenters. The summed E-state index contributed by atoms with van der Waals surface area (Å²) in [5, 5.41) is 22.7. The molecule has 0 bridgehead atoms. The van der Waals surface area contributed by atoms with E-state index in [4.69, 9.17) is 21.7 Å². The molecule has 0 spiro atoms. The molecule has 1 heterocycles. The molecule has 30 heavy (non-hydrogen) atoms. The van der Waals surface area contributed by atoms with E-state index in [1.807, 2.05) is 6.07 Å². The van der Waals surface area contributed by atoms with Crippen molar-refractivity contribution < 1.29 is 28.0 Å². The van der Waals surface area contributed by atoms with Crippen LogP contribution in [0.25, 0.3) is 0 Å². The lowest BCUT2D eigenvalue weighted by atomic mass is 9.89. The number of ketones is 2. The van der Waals surface area contributed by atoms with Crippen molar-refractivity contribution >= 4 is 38.7 Å². The van der Waals surface area contributed by atoms with Gasteiger partial charge in [-0.15, -0.1) is 0 Å². The lowest BCUT2D eigenvalue weighted by Gasteiger charge is -2.17. The first-order valence-electron chi connectivity index (χ1n) is 9.36. The summed E-state index contributed by atoms with van der Waals surface area (Å²) in [7, 11) is -3.73. The number of allylic oxidation sites excluding steroid dienone is 2. The van der Waals surface area contributed by atoms with Gasteiger partial charge in [0.25, 0.3) is 0 Å². The van der Waals surface area contributed by atoms with Crippen molar-refractivity contribution in [1.29, 1.82) is 5.26 Å². The summed E-state index contributed by atoms with van der Waals surface area (Å²) < 4.78 is 25.3. The summed E-state index contributed by atoms with van der Waals surface area (Å²) >= 11 is 6.49. The van der Waals surface area contributed by atoms with Gasteiger partial charge in [-0.05, 0) is 18.6 Å². The largest absolute Gasteiger partial charge is 0.511 e. The highest BCUT2D eigenvalue weighted by Gasteiger charge is 2.34. The zero-order valence-electron chi connectivity index (χ0n) is 16.1. The Hall–Kier alpha value is -2.70. The van der Waals surface area contributed by atoms with E-state index in [9.17, 15) is 23.1 Å². The Morgan fingerprint density at radius 3 is 2.77 bits per heavy atom. The van der Waals surface area contributed by atoms with Crippen molar-refractivity contribution in [1.82, 2.24) is 0 Å². The monoisotopic (exact) mass is 450 g/mol. The number of sulfone groups is 1. The molecule has 2 aliphatic rings. The van der Waals surface area contributed by atoms with Crippen LogP contribution < -0.4 is 0 Å². The number of rotatable bonds is 6. The first-order chi connectivity index (χ1) is 14.2. The summed E-state index contributed by atoms with van der Waals surface area (Å²) in [6.45, 7) is 1.47. The maximum absolute atomic E-state index is 13.0. The average molecular weight is 451 g/mol. The Labute approximate surface area is 178 Å². The van der Waals surface area contributed by atoms with Gasteiger partial charge in [-0.1, -0.05) is 23.7 Å². The quantitative estimate of drug-likeness (QED) is 0.519. The molecule has 3 rings (SSSR count). The fraction of sp³-hybridized carbons (Fsp3) is 0.400. The van der Waals surface area contributed by atoms with Crippen LogP contribution in [0.1, 0.15) is 54.9 Å².